The average molecular weight is 297 g/mol. The minimum Gasteiger partial charge on any atom is -0.481 e. The predicted molar refractivity (Wildman–Crippen MR) is 74.7 cm³/mol. The minimum absolute atomic E-state index is 0.0237. The van der Waals surface area contributed by atoms with Crippen LogP contribution in [0.25, 0.3) is 0 Å². The molecule has 1 saturated carbocycles. The highest BCUT2D eigenvalue weighted by Crippen LogP contribution is 2.51. The first-order valence-corrected chi connectivity index (χ1v) is 7.32. The molecule has 0 radical (unpaired) electrons. The number of fused-ring (bicyclic) bond motifs is 1. The summed E-state index contributed by atoms with van der Waals surface area (Å²) in [5.41, 5.74) is 1.95. The number of carboxylic acids is 1. The Labute approximate surface area is 122 Å². The number of rotatable bonds is 5. The van der Waals surface area contributed by atoms with Gasteiger partial charge in [0.25, 0.3) is 0 Å². The Morgan fingerprint density at radius 1 is 1.50 bits per heavy atom. The van der Waals surface area contributed by atoms with Crippen molar-refractivity contribution < 1.29 is 19.4 Å². The van der Waals surface area contributed by atoms with Crippen molar-refractivity contribution in [2.75, 3.05) is 6.79 Å². The molecule has 1 aromatic rings. The summed E-state index contributed by atoms with van der Waals surface area (Å²) in [4.78, 5) is 11.2. The molecule has 0 bridgehead atoms. The Balaban J connectivity index is 2.08. The summed E-state index contributed by atoms with van der Waals surface area (Å²) >= 11 is 6.41. The molecular formula is C15H17ClO4. The molecule has 108 valence electrons. The van der Waals surface area contributed by atoms with E-state index in [4.69, 9.17) is 21.1 Å². The van der Waals surface area contributed by atoms with Gasteiger partial charge in [-0.2, -0.15) is 0 Å². The second-order valence-electron chi connectivity index (χ2n) is 5.38. The second kappa shape index (κ2) is 5.17. The molecule has 0 spiro atoms. The molecule has 1 heterocycles. The molecule has 4 nitrogen and oxygen atoms in total. The molecule has 1 N–H and O–H groups in total. The Bertz CT molecular complexity index is 551. The number of halogens is 1. The van der Waals surface area contributed by atoms with E-state index in [0.29, 0.717) is 16.7 Å². The lowest BCUT2D eigenvalue weighted by atomic mass is 9.86. The van der Waals surface area contributed by atoms with E-state index in [1.54, 1.807) is 6.07 Å². The van der Waals surface area contributed by atoms with Crippen molar-refractivity contribution in [3.63, 3.8) is 0 Å². The van der Waals surface area contributed by atoms with E-state index in [0.717, 1.165) is 36.1 Å². The molecule has 1 unspecified atom stereocenters. The van der Waals surface area contributed by atoms with Gasteiger partial charge in [-0.1, -0.05) is 18.5 Å². The molecule has 3 rings (SSSR count). The summed E-state index contributed by atoms with van der Waals surface area (Å²) < 4.78 is 10.9. The van der Waals surface area contributed by atoms with Crippen LogP contribution < -0.4 is 9.47 Å². The number of aliphatic carboxylic acids is 1. The van der Waals surface area contributed by atoms with Gasteiger partial charge < -0.3 is 14.6 Å². The Kier molecular flexibility index (Phi) is 3.50. The average Bonchev–Trinajstić information content (AvgIpc) is 3.14. The highest BCUT2D eigenvalue weighted by Gasteiger charge is 2.37. The molecule has 2 aliphatic rings. The fourth-order valence-corrected chi connectivity index (χ4v) is 3.39. The molecule has 20 heavy (non-hydrogen) atoms. The zero-order valence-corrected chi connectivity index (χ0v) is 12.1. The maximum absolute atomic E-state index is 11.2. The molecule has 0 saturated heterocycles. The number of carbonyl (C=O) groups is 1. The smallest absolute Gasteiger partial charge is 0.303 e. The van der Waals surface area contributed by atoms with E-state index in [2.05, 4.69) is 0 Å². The van der Waals surface area contributed by atoms with Crippen LogP contribution in [0.5, 0.6) is 11.5 Å². The molecule has 1 aliphatic carbocycles. The van der Waals surface area contributed by atoms with Crippen molar-refractivity contribution in [1.29, 1.82) is 0 Å². The standard InChI is InChI=1S/C15H17ClO4/c1-2-9-14(10(5-13(17)18)8-3-4-8)11(16)6-12-15(9)20-7-19-12/h6,8,10H,2-5,7H2,1H3,(H,17,18). The monoisotopic (exact) mass is 296 g/mol. The second-order valence-corrected chi connectivity index (χ2v) is 5.79. The highest BCUT2D eigenvalue weighted by atomic mass is 35.5. The first kappa shape index (κ1) is 13.6. The molecule has 0 aromatic heterocycles. The van der Waals surface area contributed by atoms with Gasteiger partial charge in [-0.15, -0.1) is 0 Å². The van der Waals surface area contributed by atoms with Crippen molar-refractivity contribution in [2.24, 2.45) is 5.92 Å². The van der Waals surface area contributed by atoms with Crippen molar-refractivity contribution >= 4 is 17.6 Å². The number of carboxylic acid groups (broad SMARTS) is 1. The summed E-state index contributed by atoms with van der Waals surface area (Å²) in [5.74, 6) is 1.03. The Morgan fingerprint density at radius 3 is 2.85 bits per heavy atom. The lowest BCUT2D eigenvalue weighted by Gasteiger charge is -2.21. The van der Waals surface area contributed by atoms with Crippen molar-refractivity contribution in [3.05, 3.63) is 22.2 Å². The van der Waals surface area contributed by atoms with Gasteiger partial charge in [-0.3, -0.25) is 4.79 Å². The molecule has 1 atom stereocenters. The molecule has 0 amide bonds. The summed E-state index contributed by atoms with van der Waals surface area (Å²) in [6, 6.07) is 1.76. The third-order valence-electron chi connectivity index (χ3n) is 4.07. The predicted octanol–water partition coefficient (Wildman–Crippen LogP) is 3.60. The van der Waals surface area contributed by atoms with Gasteiger partial charge in [0.15, 0.2) is 11.5 Å². The molecule has 1 fully saturated rings. The molecular weight excluding hydrogens is 280 g/mol. The van der Waals surface area contributed by atoms with Crippen LogP contribution in [0.3, 0.4) is 0 Å². The normalized spacial score (nSPS) is 18.1. The maximum atomic E-state index is 11.2. The molecule has 1 aliphatic heterocycles. The van der Waals surface area contributed by atoms with Gasteiger partial charge in [0, 0.05) is 16.7 Å². The number of hydrogen-bond acceptors (Lipinski definition) is 3. The molecule has 5 heteroatoms. The lowest BCUT2D eigenvalue weighted by Crippen LogP contribution is -2.11. The summed E-state index contributed by atoms with van der Waals surface area (Å²) in [6.45, 7) is 2.23. The maximum Gasteiger partial charge on any atom is 0.303 e. The van der Waals surface area contributed by atoms with E-state index in [-0.39, 0.29) is 19.1 Å². The van der Waals surface area contributed by atoms with E-state index in [1.807, 2.05) is 6.92 Å². The van der Waals surface area contributed by atoms with Gasteiger partial charge in [0.05, 0.1) is 6.42 Å². The van der Waals surface area contributed by atoms with Crippen LogP contribution in [0, 0.1) is 5.92 Å². The summed E-state index contributed by atoms with van der Waals surface area (Å²) in [7, 11) is 0. The zero-order valence-electron chi connectivity index (χ0n) is 11.3. The van der Waals surface area contributed by atoms with Crippen LogP contribution in [-0.4, -0.2) is 17.9 Å². The minimum atomic E-state index is -0.780. The summed E-state index contributed by atoms with van der Waals surface area (Å²) in [5, 5.41) is 9.77. The third-order valence-corrected chi connectivity index (χ3v) is 4.38. The van der Waals surface area contributed by atoms with Crippen molar-refractivity contribution in [3.8, 4) is 11.5 Å². The number of ether oxygens (including phenoxy) is 2. The van der Waals surface area contributed by atoms with Gasteiger partial charge in [0.2, 0.25) is 6.79 Å². The SMILES string of the molecule is CCc1c2c(cc(Cl)c1C(CC(=O)O)C1CC1)OCO2. The van der Waals surface area contributed by atoms with Crippen LogP contribution in [0.15, 0.2) is 6.07 Å². The number of benzene rings is 1. The van der Waals surface area contributed by atoms with Crippen molar-refractivity contribution in [1.82, 2.24) is 0 Å². The van der Waals surface area contributed by atoms with Crippen LogP contribution in [0.2, 0.25) is 5.02 Å². The fourth-order valence-electron chi connectivity index (χ4n) is 3.03. The van der Waals surface area contributed by atoms with Gasteiger partial charge >= 0.3 is 5.97 Å². The largest absolute Gasteiger partial charge is 0.481 e. The van der Waals surface area contributed by atoms with Crippen LogP contribution >= 0.6 is 11.6 Å². The molecule has 1 aromatic carbocycles. The third kappa shape index (κ3) is 2.33. The Hall–Kier alpha value is -1.42. The first-order chi connectivity index (χ1) is 9.61. The zero-order chi connectivity index (χ0) is 14.3. The Morgan fingerprint density at radius 2 is 2.25 bits per heavy atom. The summed E-state index contributed by atoms with van der Waals surface area (Å²) in [6.07, 6.45) is 3.03. The van der Waals surface area contributed by atoms with Crippen LogP contribution in [0.4, 0.5) is 0 Å². The van der Waals surface area contributed by atoms with Gasteiger partial charge in [-0.05, 0) is 36.7 Å². The van der Waals surface area contributed by atoms with E-state index < -0.39 is 5.97 Å². The van der Waals surface area contributed by atoms with E-state index >= 15 is 0 Å². The van der Waals surface area contributed by atoms with Crippen LogP contribution in [-0.2, 0) is 11.2 Å². The van der Waals surface area contributed by atoms with Gasteiger partial charge in [-0.25, -0.2) is 0 Å². The van der Waals surface area contributed by atoms with E-state index in [9.17, 15) is 9.90 Å². The number of hydrogen-bond donors (Lipinski definition) is 1. The first-order valence-electron chi connectivity index (χ1n) is 6.94. The topological polar surface area (TPSA) is 55.8 Å². The quantitative estimate of drug-likeness (QED) is 0.902. The van der Waals surface area contributed by atoms with E-state index in [1.165, 1.54) is 0 Å². The van der Waals surface area contributed by atoms with Crippen LogP contribution in [0.1, 0.15) is 43.2 Å². The fraction of sp³-hybridized carbons (Fsp3) is 0.533. The van der Waals surface area contributed by atoms with Crippen molar-refractivity contribution in [2.45, 2.75) is 38.5 Å². The highest BCUT2D eigenvalue weighted by molar-refractivity contribution is 6.31. The van der Waals surface area contributed by atoms with Gasteiger partial charge in [0.1, 0.15) is 0 Å². The lowest BCUT2D eigenvalue weighted by molar-refractivity contribution is -0.137.